The smallest absolute Gasteiger partial charge is 0.0887 e. The summed E-state index contributed by atoms with van der Waals surface area (Å²) in [6.07, 6.45) is 8.25. The summed E-state index contributed by atoms with van der Waals surface area (Å²) in [7, 11) is 0. The molecule has 1 aliphatic rings. The molecule has 2 heterocycles. The topological polar surface area (TPSA) is 34.1 Å². The molecular formula is C14H22N2O. The molecule has 1 atom stereocenters. The van der Waals surface area contributed by atoms with E-state index in [1.807, 2.05) is 24.4 Å². The molecule has 1 aliphatic heterocycles. The number of hydrogen-bond acceptors (Lipinski definition) is 3. The van der Waals surface area contributed by atoms with Crippen LogP contribution < -0.4 is 5.32 Å². The van der Waals surface area contributed by atoms with E-state index in [4.69, 9.17) is 4.74 Å². The van der Waals surface area contributed by atoms with Crippen molar-refractivity contribution in [2.45, 2.75) is 44.8 Å². The lowest BCUT2D eigenvalue weighted by Crippen LogP contribution is -2.33. The van der Waals surface area contributed by atoms with Gasteiger partial charge >= 0.3 is 0 Å². The molecule has 1 fully saturated rings. The van der Waals surface area contributed by atoms with Crippen LogP contribution in [0.25, 0.3) is 0 Å². The summed E-state index contributed by atoms with van der Waals surface area (Å²) in [6.45, 7) is 2.67. The zero-order valence-corrected chi connectivity index (χ0v) is 10.4. The molecule has 0 spiro atoms. The Morgan fingerprint density at radius 1 is 1.35 bits per heavy atom. The standard InChI is InChI=1S/C14H22N2O/c1-3-9-15-13(6-1)8-5-11-17-12-14-7-2-4-10-16-14/h2,4,7,10,13,15H,1,3,5-6,8-9,11-12H2. The minimum Gasteiger partial charge on any atom is -0.375 e. The van der Waals surface area contributed by atoms with Crippen molar-refractivity contribution in [3.63, 3.8) is 0 Å². The number of pyridine rings is 1. The number of hydrogen-bond donors (Lipinski definition) is 1. The van der Waals surface area contributed by atoms with Crippen LogP contribution in [0.3, 0.4) is 0 Å². The second-order valence-corrected chi connectivity index (χ2v) is 4.66. The number of rotatable bonds is 6. The molecule has 3 nitrogen and oxygen atoms in total. The molecule has 1 N–H and O–H groups in total. The van der Waals surface area contributed by atoms with Crippen molar-refractivity contribution in [1.29, 1.82) is 0 Å². The van der Waals surface area contributed by atoms with Crippen molar-refractivity contribution in [2.24, 2.45) is 0 Å². The van der Waals surface area contributed by atoms with Crippen molar-refractivity contribution in [2.75, 3.05) is 13.2 Å². The van der Waals surface area contributed by atoms with Crippen LogP contribution in [-0.2, 0) is 11.3 Å². The highest BCUT2D eigenvalue weighted by molar-refractivity contribution is 5.01. The van der Waals surface area contributed by atoms with E-state index in [0.717, 1.165) is 24.8 Å². The Morgan fingerprint density at radius 2 is 2.35 bits per heavy atom. The van der Waals surface area contributed by atoms with Crippen molar-refractivity contribution in [3.8, 4) is 0 Å². The average Bonchev–Trinajstić information content (AvgIpc) is 2.41. The molecule has 1 aromatic heterocycles. The van der Waals surface area contributed by atoms with Crippen LogP contribution in [0.1, 0.15) is 37.8 Å². The van der Waals surface area contributed by atoms with E-state index in [0.29, 0.717) is 6.61 Å². The van der Waals surface area contributed by atoms with Crippen molar-refractivity contribution in [1.82, 2.24) is 10.3 Å². The molecule has 0 aliphatic carbocycles. The SMILES string of the molecule is c1ccc(COCCCC2CCCCN2)nc1. The monoisotopic (exact) mass is 234 g/mol. The summed E-state index contributed by atoms with van der Waals surface area (Å²) in [5.41, 5.74) is 1.02. The van der Waals surface area contributed by atoms with E-state index in [1.165, 1.54) is 32.2 Å². The Morgan fingerprint density at radius 3 is 3.12 bits per heavy atom. The first-order chi connectivity index (χ1) is 8.45. The minimum absolute atomic E-state index is 0.638. The Bertz CT molecular complexity index is 296. The third kappa shape index (κ3) is 4.84. The van der Waals surface area contributed by atoms with Crippen molar-refractivity contribution in [3.05, 3.63) is 30.1 Å². The minimum atomic E-state index is 0.638. The summed E-state index contributed by atoms with van der Waals surface area (Å²) < 4.78 is 5.62. The number of piperidine rings is 1. The normalized spacial score (nSPS) is 20.4. The molecule has 0 bridgehead atoms. The van der Waals surface area contributed by atoms with E-state index in [2.05, 4.69) is 10.3 Å². The van der Waals surface area contributed by atoms with Gasteiger partial charge in [0.2, 0.25) is 0 Å². The maximum Gasteiger partial charge on any atom is 0.0887 e. The van der Waals surface area contributed by atoms with Gasteiger partial charge in [0.05, 0.1) is 12.3 Å². The molecule has 94 valence electrons. The average molecular weight is 234 g/mol. The van der Waals surface area contributed by atoms with Gasteiger partial charge in [-0.05, 0) is 44.4 Å². The number of ether oxygens (including phenoxy) is 1. The van der Waals surface area contributed by atoms with E-state index < -0.39 is 0 Å². The molecule has 0 amide bonds. The lowest BCUT2D eigenvalue weighted by molar-refractivity contribution is 0.111. The lowest BCUT2D eigenvalue weighted by Gasteiger charge is -2.23. The molecule has 1 aromatic rings. The molecule has 17 heavy (non-hydrogen) atoms. The van der Waals surface area contributed by atoms with Crippen LogP contribution in [0.4, 0.5) is 0 Å². The van der Waals surface area contributed by atoms with Gasteiger partial charge in [-0.1, -0.05) is 12.5 Å². The van der Waals surface area contributed by atoms with Gasteiger partial charge in [-0.15, -0.1) is 0 Å². The predicted molar refractivity (Wildman–Crippen MR) is 68.8 cm³/mol. The third-order valence-corrected chi connectivity index (χ3v) is 3.23. The van der Waals surface area contributed by atoms with Gasteiger partial charge < -0.3 is 10.1 Å². The van der Waals surface area contributed by atoms with Gasteiger partial charge in [0.25, 0.3) is 0 Å². The highest BCUT2D eigenvalue weighted by Gasteiger charge is 2.11. The second-order valence-electron chi connectivity index (χ2n) is 4.66. The van der Waals surface area contributed by atoms with E-state index >= 15 is 0 Å². The fourth-order valence-electron chi connectivity index (χ4n) is 2.26. The zero-order valence-electron chi connectivity index (χ0n) is 10.4. The molecule has 0 aromatic carbocycles. The zero-order chi connectivity index (χ0) is 11.8. The molecule has 3 heteroatoms. The van der Waals surface area contributed by atoms with Crippen LogP contribution in [0.5, 0.6) is 0 Å². The molecule has 0 radical (unpaired) electrons. The number of aromatic nitrogens is 1. The van der Waals surface area contributed by atoms with Crippen LogP contribution >= 0.6 is 0 Å². The third-order valence-electron chi connectivity index (χ3n) is 3.23. The number of nitrogens with zero attached hydrogens (tertiary/aromatic N) is 1. The Labute approximate surface area is 104 Å². The first-order valence-electron chi connectivity index (χ1n) is 6.66. The van der Waals surface area contributed by atoms with Crippen LogP contribution in [0.15, 0.2) is 24.4 Å². The summed E-state index contributed by atoms with van der Waals surface area (Å²) in [4.78, 5) is 4.23. The summed E-state index contributed by atoms with van der Waals surface area (Å²) in [6, 6.07) is 6.65. The molecule has 1 saturated heterocycles. The van der Waals surface area contributed by atoms with E-state index in [9.17, 15) is 0 Å². The van der Waals surface area contributed by atoms with Crippen molar-refractivity contribution < 1.29 is 4.74 Å². The quantitative estimate of drug-likeness (QED) is 0.768. The number of nitrogens with one attached hydrogen (secondary N) is 1. The first kappa shape index (κ1) is 12.5. The van der Waals surface area contributed by atoms with E-state index in [1.54, 1.807) is 0 Å². The van der Waals surface area contributed by atoms with Gasteiger partial charge in [-0.25, -0.2) is 0 Å². The highest BCUT2D eigenvalue weighted by atomic mass is 16.5. The Hall–Kier alpha value is -0.930. The summed E-state index contributed by atoms with van der Waals surface area (Å²) in [5, 5.41) is 3.56. The van der Waals surface area contributed by atoms with Crippen LogP contribution in [0, 0.1) is 0 Å². The van der Waals surface area contributed by atoms with Gasteiger partial charge in [0, 0.05) is 18.8 Å². The molecular weight excluding hydrogens is 212 g/mol. The lowest BCUT2D eigenvalue weighted by atomic mass is 10.0. The molecule has 1 unspecified atom stereocenters. The van der Waals surface area contributed by atoms with Crippen LogP contribution in [0.2, 0.25) is 0 Å². The van der Waals surface area contributed by atoms with Gasteiger partial charge in [-0.3, -0.25) is 4.98 Å². The predicted octanol–water partition coefficient (Wildman–Crippen LogP) is 2.52. The molecule has 0 saturated carbocycles. The summed E-state index contributed by atoms with van der Waals surface area (Å²) in [5.74, 6) is 0. The van der Waals surface area contributed by atoms with Gasteiger partial charge in [0.1, 0.15) is 0 Å². The fourth-order valence-corrected chi connectivity index (χ4v) is 2.26. The van der Waals surface area contributed by atoms with Gasteiger partial charge in [0.15, 0.2) is 0 Å². The Kier molecular flexibility index (Phi) is 5.46. The van der Waals surface area contributed by atoms with Crippen molar-refractivity contribution >= 4 is 0 Å². The maximum absolute atomic E-state index is 5.62. The van der Waals surface area contributed by atoms with E-state index in [-0.39, 0.29) is 0 Å². The first-order valence-corrected chi connectivity index (χ1v) is 6.66. The second kappa shape index (κ2) is 7.41. The van der Waals surface area contributed by atoms with Crippen LogP contribution in [-0.4, -0.2) is 24.2 Å². The maximum atomic E-state index is 5.62. The molecule has 2 rings (SSSR count). The fraction of sp³-hybridized carbons (Fsp3) is 0.643. The highest BCUT2D eigenvalue weighted by Crippen LogP contribution is 2.11. The Balaban J connectivity index is 1.51. The van der Waals surface area contributed by atoms with Gasteiger partial charge in [-0.2, -0.15) is 0 Å². The summed E-state index contributed by atoms with van der Waals surface area (Å²) >= 11 is 0. The largest absolute Gasteiger partial charge is 0.375 e.